The van der Waals surface area contributed by atoms with Crippen molar-refractivity contribution in [3.63, 3.8) is 0 Å². The Morgan fingerprint density at radius 3 is 2.25 bits per heavy atom. The van der Waals surface area contributed by atoms with Crippen LogP contribution in [0.1, 0.15) is 35.3 Å². The Morgan fingerprint density at radius 2 is 1.71 bits per heavy atom. The number of carbonyl (C=O) groups is 1. The van der Waals surface area contributed by atoms with Crippen LogP contribution in [0.25, 0.3) is 11.3 Å². The molecule has 0 atom stereocenters. The fourth-order valence-electron chi connectivity index (χ4n) is 2.73. The number of anilines is 1. The van der Waals surface area contributed by atoms with Gasteiger partial charge in [0.2, 0.25) is 0 Å². The average Bonchev–Trinajstić information content (AvgIpc) is 3.16. The molecule has 3 aromatic rings. The lowest BCUT2D eigenvalue weighted by atomic mass is 10.0. The number of carbonyl (C=O) groups excluding carboxylic acids is 1. The number of para-hydroxylation sites is 1. The zero-order valence-corrected chi connectivity index (χ0v) is 13.9. The molecule has 0 saturated heterocycles. The van der Waals surface area contributed by atoms with Gasteiger partial charge >= 0.3 is 0 Å². The number of hydrogen-bond donors (Lipinski definition) is 1. The molecule has 0 spiro atoms. The van der Waals surface area contributed by atoms with E-state index in [2.05, 4.69) is 36.3 Å². The summed E-state index contributed by atoms with van der Waals surface area (Å²) >= 11 is 0. The van der Waals surface area contributed by atoms with Gasteiger partial charge in [0.25, 0.3) is 5.91 Å². The van der Waals surface area contributed by atoms with Gasteiger partial charge in [0.05, 0.1) is 6.20 Å². The predicted octanol–water partition coefficient (Wildman–Crippen LogP) is 4.72. The SMILES string of the molecule is CCc1cccc(CC)c1NC(=O)c1ccc(-c2cnco2)cc1. The second-order valence-electron chi connectivity index (χ2n) is 5.56. The molecule has 4 nitrogen and oxygen atoms in total. The maximum Gasteiger partial charge on any atom is 0.255 e. The van der Waals surface area contributed by atoms with Crippen LogP contribution in [0.4, 0.5) is 5.69 Å². The van der Waals surface area contributed by atoms with E-state index in [0.29, 0.717) is 11.3 Å². The number of rotatable bonds is 5. The van der Waals surface area contributed by atoms with Gasteiger partial charge in [-0.05, 0) is 36.1 Å². The fourth-order valence-corrected chi connectivity index (χ4v) is 2.73. The molecule has 1 amide bonds. The molecule has 3 rings (SSSR count). The summed E-state index contributed by atoms with van der Waals surface area (Å²) < 4.78 is 5.26. The highest BCUT2D eigenvalue weighted by molar-refractivity contribution is 6.05. The summed E-state index contributed by atoms with van der Waals surface area (Å²) in [4.78, 5) is 16.5. The van der Waals surface area contributed by atoms with E-state index in [9.17, 15) is 4.79 Å². The second kappa shape index (κ2) is 7.13. The lowest BCUT2D eigenvalue weighted by Gasteiger charge is -2.14. The number of benzene rings is 2. The number of aryl methyl sites for hydroxylation is 2. The number of hydrogen-bond acceptors (Lipinski definition) is 3. The standard InChI is InChI=1S/C20H20N2O2/c1-3-14-6-5-7-15(4-2)19(14)22-20(23)17-10-8-16(9-11-17)18-12-21-13-24-18/h5-13H,3-4H2,1-2H3,(H,22,23). The van der Waals surface area contributed by atoms with Crippen molar-refractivity contribution >= 4 is 11.6 Å². The van der Waals surface area contributed by atoms with E-state index in [-0.39, 0.29) is 5.91 Å². The fraction of sp³-hybridized carbons (Fsp3) is 0.200. The van der Waals surface area contributed by atoms with Crippen LogP contribution in [-0.2, 0) is 12.8 Å². The quantitative estimate of drug-likeness (QED) is 0.740. The number of oxazole rings is 1. The highest BCUT2D eigenvalue weighted by Crippen LogP contribution is 2.24. The predicted molar refractivity (Wildman–Crippen MR) is 95.1 cm³/mol. The first kappa shape index (κ1) is 16.0. The zero-order chi connectivity index (χ0) is 16.9. The summed E-state index contributed by atoms with van der Waals surface area (Å²) in [7, 11) is 0. The number of aromatic nitrogens is 1. The van der Waals surface area contributed by atoms with Gasteiger partial charge in [-0.1, -0.05) is 44.2 Å². The molecule has 0 aliphatic heterocycles. The van der Waals surface area contributed by atoms with Gasteiger partial charge in [-0.15, -0.1) is 0 Å². The van der Waals surface area contributed by atoms with Crippen molar-refractivity contribution in [2.24, 2.45) is 0 Å². The molecule has 4 heteroatoms. The highest BCUT2D eigenvalue weighted by atomic mass is 16.3. The maximum atomic E-state index is 12.6. The summed E-state index contributed by atoms with van der Waals surface area (Å²) in [5, 5.41) is 3.08. The lowest BCUT2D eigenvalue weighted by Crippen LogP contribution is -2.14. The monoisotopic (exact) mass is 320 g/mol. The first-order valence-corrected chi connectivity index (χ1v) is 8.14. The van der Waals surface area contributed by atoms with E-state index >= 15 is 0 Å². The van der Waals surface area contributed by atoms with Crippen LogP contribution in [0.15, 0.2) is 59.5 Å². The maximum absolute atomic E-state index is 12.6. The molecule has 0 fully saturated rings. The minimum Gasteiger partial charge on any atom is -0.444 e. The van der Waals surface area contributed by atoms with E-state index in [1.54, 1.807) is 18.3 Å². The molecule has 2 aromatic carbocycles. The Kier molecular flexibility index (Phi) is 4.75. The Bertz CT molecular complexity index is 799. The summed E-state index contributed by atoms with van der Waals surface area (Å²) in [5.74, 6) is 0.585. The first-order chi connectivity index (χ1) is 11.7. The average molecular weight is 320 g/mol. The first-order valence-electron chi connectivity index (χ1n) is 8.14. The van der Waals surface area contributed by atoms with Crippen molar-refractivity contribution in [3.8, 4) is 11.3 Å². The Hall–Kier alpha value is -2.88. The molecular formula is C20H20N2O2. The minimum atomic E-state index is -0.102. The smallest absolute Gasteiger partial charge is 0.255 e. The van der Waals surface area contributed by atoms with Gasteiger partial charge in [-0.25, -0.2) is 4.98 Å². The van der Waals surface area contributed by atoms with Crippen LogP contribution in [0.5, 0.6) is 0 Å². The molecule has 0 saturated carbocycles. The van der Waals surface area contributed by atoms with Crippen molar-refractivity contribution in [1.29, 1.82) is 0 Å². The van der Waals surface area contributed by atoms with Crippen LogP contribution < -0.4 is 5.32 Å². The van der Waals surface area contributed by atoms with E-state index in [1.807, 2.05) is 18.2 Å². The summed E-state index contributed by atoms with van der Waals surface area (Å²) in [6, 6.07) is 13.5. The molecule has 1 N–H and O–H groups in total. The van der Waals surface area contributed by atoms with Crippen LogP contribution >= 0.6 is 0 Å². The molecule has 122 valence electrons. The van der Waals surface area contributed by atoms with Crippen molar-refractivity contribution < 1.29 is 9.21 Å². The third-order valence-corrected chi connectivity index (χ3v) is 4.10. The van der Waals surface area contributed by atoms with Crippen LogP contribution in [0, 0.1) is 0 Å². The van der Waals surface area contributed by atoms with E-state index in [1.165, 1.54) is 6.39 Å². The van der Waals surface area contributed by atoms with Gasteiger partial charge in [0.1, 0.15) is 0 Å². The van der Waals surface area contributed by atoms with Crippen molar-refractivity contribution in [1.82, 2.24) is 4.98 Å². The number of nitrogens with zero attached hydrogens (tertiary/aromatic N) is 1. The van der Waals surface area contributed by atoms with Gasteiger partial charge in [0, 0.05) is 16.8 Å². The third kappa shape index (κ3) is 3.23. The van der Waals surface area contributed by atoms with E-state index in [0.717, 1.165) is 35.2 Å². The van der Waals surface area contributed by atoms with Crippen molar-refractivity contribution in [3.05, 3.63) is 71.7 Å². The largest absolute Gasteiger partial charge is 0.444 e. The van der Waals surface area contributed by atoms with Crippen LogP contribution in [0.2, 0.25) is 0 Å². The van der Waals surface area contributed by atoms with E-state index < -0.39 is 0 Å². The molecule has 0 radical (unpaired) electrons. The Morgan fingerprint density at radius 1 is 1.04 bits per heavy atom. The topological polar surface area (TPSA) is 55.1 Å². The molecular weight excluding hydrogens is 300 g/mol. The second-order valence-corrected chi connectivity index (χ2v) is 5.56. The number of nitrogens with one attached hydrogen (secondary N) is 1. The van der Waals surface area contributed by atoms with Crippen molar-refractivity contribution in [2.45, 2.75) is 26.7 Å². The molecule has 24 heavy (non-hydrogen) atoms. The van der Waals surface area contributed by atoms with Gasteiger partial charge in [0.15, 0.2) is 12.2 Å². The molecule has 0 bridgehead atoms. The molecule has 0 aliphatic rings. The molecule has 0 unspecified atom stereocenters. The van der Waals surface area contributed by atoms with Gasteiger partial charge in [-0.3, -0.25) is 4.79 Å². The van der Waals surface area contributed by atoms with Crippen LogP contribution in [0.3, 0.4) is 0 Å². The normalized spacial score (nSPS) is 10.6. The minimum absolute atomic E-state index is 0.102. The molecule has 1 aromatic heterocycles. The van der Waals surface area contributed by atoms with Gasteiger partial charge in [-0.2, -0.15) is 0 Å². The van der Waals surface area contributed by atoms with Crippen molar-refractivity contribution in [2.75, 3.05) is 5.32 Å². The van der Waals surface area contributed by atoms with E-state index in [4.69, 9.17) is 4.42 Å². The summed E-state index contributed by atoms with van der Waals surface area (Å²) in [6.07, 6.45) is 4.81. The lowest BCUT2D eigenvalue weighted by molar-refractivity contribution is 0.102. The zero-order valence-electron chi connectivity index (χ0n) is 13.9. The molecule has 0 aliphatic carbocycles. The summed E-state index contributed by atoms with van der Waals surface area (Å²) in [5.41, 5.74) is 4.76. The Balaban J connectivity index is 1.83. The van der Waals surface area contributed by atoms with Crippen LogP contribution in [-0.4, -0.2) is 10.9 Å². The highest BCUT2D eigenvalue weighted by Gasteiger charge is 2.12. The molecule has 1 heterocycles. The Labute approximate surface area is 141 Å². The third-order valence-electron chi connectivity index (χ3n) is 4.10. The summed E-state index contributed by atoms with van der Waals surface area (Å²) in [6.45, 7) is 4.19. The number of amides is 1. The van der Waals surface area contributed by atoms with Gasteiger partial charge < -0.3 is 9.73 Å².